The average Bonchev–Trinajstić information content (AvgIpc) is 2.05. The van der Waals surface area contributed by atoms with Crippen molar-refractivity contribution in [3.05, 3.63) is 12.2 Å². The summed E-state index contributed by atoms with van der Waals surface area (Å²) in [6, 6.07) is 0. The third-order valence-electron chi connectivity index (χ3n) is 2.49. The van der Waals surface area contributed by atoms with Crippen molar-refractivity contribution in [1.29, 1.82) is 0 Å². The molecule has 0 unspecified atom stereocenters. The maximum atomic E-state index is 5.29. The molecule has 0 N–H and O–H groups in total. The summed E-state index contributed by atoms with van der Waals surface area (Å²) in [5, 5.41) is 0. The van der Waals surface area contributed by atoms with E-state index in [9.17, 15) is 0 Å². The quantitative estimate of drug-likeness (QED) is 0.555. The highest BCUT2D eigenvalue weighted by molar-refractivity contribution is 5.03. The second-order valence-corrected chi connectivity index (χ2v) is 3.62. The van der Waals surface area contributed by atoms with Crippen LogP contribution in [-0.2, 0) is 4.74 Å². The normalized spacial score (nSPS) is 20.6. The van der Waals surface area contributed by atoms with Crippen molar-refractivity contribution in [2.75, 3.05) is 13.2 Å². The second-order valence-electron chi connectivity index (χ2n) is 3.62. The van der Waals surface area contributed by atoms with Crippen LogP contribution in [-0.4, -0.2) is 13.2 Å². The molecule has 1 saturated heterocycles. The molecule has 0 saturated carbocycles. The molecule has 11 heavy (non-hydrogen) atoms. The van der Waals surface area contributed by atoms with E-state index >= 15 is 0 Å². The fourth-order valence-corrected chi connectivity index (χ4v) is 1.54. The summed E-state index contributed by atoms with van der Waals surface area (Å²) in [6.45, 7) is 10.4. The molecule has 1 fully saturated rings. The van der Waals surface area contributed by atoms with Gasteiger partial charge < -0.3 is 4.74 Å². The Kier molecular flexibility index (Phi) is 3.13. The van der Waals surface area contributed by atoms with E-state index in [4.69, 9.17) is 4.74 Å². The molecular weight excluding hydrogens is 136 g/mol. The summed E-state index contributed by atoms with van der Waals surface area (Å²) in [7, 11) is 0. The van der Waals surface area contributed by atoms with Gasteiger partial charge in [0.25, 0.3) is 0 Å². The van der Waals surface area contributed by atoms with Gasteiger partial charge >= 0.3 is 0 Å². The van der Waals surface area contributed by atoms with E-state index in [2.05, 4.69) is 20.4 Å². The lowest BCUT2D eigenvalue weighted by Crippen LogP contribution is -2.19. The number of hydrogen-bond donors (Lipinski definition) is 0. The van der Waals surface area contributed by atoms with Gasteiger partial charge in [-0.15, -0.1) is 0 Å². The van der Waals surface area contributed by atoms with E-state index in [1.807, 2.05) is 0 Å². The predicted molar refractivity (Wildman–Crippen MR) is 47.5 cm³/mol. The highest BCUT2D eigenvalue weighted by Crippen LogP contribution is 2.26. The summed E-state index contributed by atoms with van der Waals surface area (Å²) in [5.74, 6) is 1.36. The molecule has 1 aliphatic heterocycles. The Hall–Kier alpha value is -0.300. The van der Waals surface area contributed by atoms with Crippen molar-refractivity contribution in [3.63, 3.8) is 0 Å². The van der Waals surface area contributed by atoms with E-state index < -0.39 is 0 Å². The molecule has 0 atom stereocenters. The van der Waals surface area contributed by atoms with Gasteiger partial charge in [0.15, 0.2) is 0 Å². The number of allylic oxidation sites excluding steroid dienone is 1. The molecule has 0 spiro atoms. The zero-order valence-electron chi connectivity index (χ0n) is 7.60. The molecule has 1 heteroatoms. The van der Waals surface area contributed by atoms with Crippen molar-refractivity contribution in [1.82, 2.24) is 0 Å². The monoisotopic (exact) mass is 154 g/mol. The van der Waals surface area contributed by atoms with Crippen LogP contribution in [0.25, 0.3) is 0 Å². The first-order valence-corrected chi connectivity index (χ1v) is 4.48. The lowest BCUT2D eigenvalue weighted by atomic mass is 9.86. The summed E-state index contributed by atoms with van der Waals surface area (Å²) < 4.78 is 5.29. The molecule has 0 radical (unpaired) electrons. The van der Waals surface area contributed by atoms with Gasteiger partial charge in [-0.3, -0.25) is 0 Å². The van der Waals surface area contributed by atoms with Gasteiger partial charge in [0.2, 0.25) is 0 Å². The van der Waals surface area contributed by atoms with Crippen molar-refractivity contribution < 1.29 is 4.74 Å². The summed E-state index contributed by atoms with van der Waals surface area (Å²) in [6.07, 6.45) is 2.36. The van der Waals surface area contributed by atoms with Gasteiger partial charge in [-0.1, -0.05) is 26.0 Å². The van der Waals surface area contributed by atoms with E-state index in [-0.39, 0.29) is 0 Å². The molecule has 1 rings (SSSR count). The molecule has 1 nitrogen and oxygen atoms in total. The number of rotatable bonds is 2. The highest BCUT2D eigenvalue weighted by atomic mass is 16.5. The third kappa shape index (κ3) is 2.33. The zero-order valence-corrected chi connectivity index (χ0v) is 7.60. The van der Waals surface area contributed by atoms with Gasteiger partial charge in [0.1, 0.15) is 0 Å². The molecule has 1 heterocycles. The molecule has 0 aromatic carbocycles. The molecule has 0 bridgehead atoms. The van der Waals surface area contributed by atoms with Crippen LogP contribution in [0, 0.1) is 11.8 Å². The average molecular weight is 154 g/mol. The topological polar surface area (TPSA) is 9.23 Å². The minimum atomic E-state index is 0.637. The van der Waals surface area contributed by atoms with Gasteiger partial charge in [-0.25, -0.2) is 0 Å². The van der Waals surface area contributed by atoms with Crippen LogP contribution in [0.2, 0.25) is 0 Å². The predicted octanol–water partition coefficient (Wildman–Crippen LogP) is 2.63. The summed E-state index contributed by atoms with van der Waals surface area (Å²) >= 11 is 0. The molecule has 0 aromatic rings. The first-order chi connectivity index (χ1) is 5.22. The first-order valence-electron chi connectivity index (χ1n) is 4.48. The molecule has 64 valence electrons. The Labute approximate surface area is 69.4 Å². The zero-order chi connectivity index (χ0) is 8.27. The van der Waals surface area contributed by atoms with Crippen molar-refractivity contribution in [2.24, 2.45) is 11.8 Å². The Morgan fingerprint density at radius 2 is 1.91 bits per heavy atom. The summed E-state index contributed by atoms with van der Waals surface area (Å²) in [4.78, 5) is 0. The standard InChI is InChI=1S/C10H18O/c1-8(2)9(3)10-4-6-11-7-5-10/h8,10H,3-7H2,1-2H3. The largest absolute Gasteiger partial charge is 0.381 e. The van der Waals surface area contributed by atoms with Crippen LogP contribution in [0.4, 0.5) is 0 Å². The maximum absolute atomic E-state index is 5.29. The van der Waals surface area contributed by atoms with Crippen molar-refractivity contribution in [3.8, 4) is 0 Å². The Balaban J connectivity index is 2.39. The van der Waals surface area contributed by atoms with Crippen molar-refractivity contribution in [2.45, 2.75) is 26.7 Å². The SMILES string of the molecule is C=C(C(C)C)C1CCOCC1. The van der Waals surface area contributed by atoms with Crippen LogP contribution in [0.3, 0.4) is 0 Å². The fourth-order valence-electron chi connectivity index (χ4n) is 1.54. The molecule has 0 aromatic heterocycles. The fraction of sp³-hybridized carbons (Fsp3) is 0.800. The van der Waals surface area contributed by atoms with E-state index in [1.54, 1.807) is 0 Å². The van der Waals surface area contributed by atoms with Gasteiger partial charge in [-0.05, 0) is 24.7 Å². The molecular formula is C10H18O. The molecule has 0 aliphatic carbocycles. The van der Waals surface area contributed by atoms with Crippen LogP contribution in [0.5, 0.6) is 0 Å². The summed E-state index contributed by atoms with van der Waals surface area (Å²) in [5.41, 5.74) is 1.41. The number of hydrogen-bond acceptors (Lipinski definition) is 1. The molecule has 0 amide bonds. The second kappa shape index (κ2) is 3.91. The van der Waals surface area contributed by atoms with E-state index in [1.165, 1.54) is 18.4 Å². The molecule has 1 aliphatic rings. The van der Waals surface area contributed by atoms with Gasteiger partial charge in [0.05, 0.1) is 0 Å². The van der Waals surface area contributed by atoms with Gasteiger partial charge in [-0.2, -0.15) is 0 Å². The van der Waals surface area contributed by atoms with Crippen LogP contribution < -0.4 is 0 Å². The Bertz CT molecular complexity index is 132. The lowest BCUT2D eigenvalue weighted by molar-refractivity contribution is 0.0738. The van der Waals surface area contributed by atoms with E-state index in [0.717, 1.165) is 19.1 Å². The lowest BCUT2D eigenvalue weighted by Gasteiger charge is -2.26. The Morgan fingerprint density at radius 1 is 1.36 bits per heavy atom. The van der Waals surface area contributed by atoms with Crippen LogP contribution in [0.1, 0.15) is 26.7 Å². The Morgan fingerprint density at radius 3 is 2.36 bits per heavy atom. The number of ether oxygens (including phenoxy) is 1. The van der Waals surface area contributed by atoms with E-state index in [0.29, 0.717) is 5.92 Å². The minimum absolute atomic E-state index is 0.637. The van der Waals surface area contributed by atoms with Crippen LogP contribution in [0.15, 0.2) is 12.2 Å². The first kappa shape index (κ1) is 8.79. The van der Waals surface area contributed by atoms with Gasteiger partial charge in [0, 0.05) is 13.2 Å². The minimum Gasteiger partial charge on any atom is -0.381 e. The van der Waals surface area contributed by atoms with Crippen molar-refractivity contribution >= 4 is 0 Å². The maximum Gasteiger partial charge on any atom is 0.0471 e. The van der Waals surface area contributed by atoms with Crippen LogP contribution >= 0.6 is 0 Å². The highest BCUT2D eigenvalue weighted by Gasteiger charge is 2.18. The third-order valence-corrected chi connectivity index (χ3v) is 2.49. The smallest absolute Gasteiger partial charge is 0.0471 e.